The van der Waals surface area contributed by atoms with Crippen molar-refractivity contribution in [1.29, 1.82) is 0 Å². The lowest BCUT2D eigenvalue weighted by molar-refractivity contribution is 0.572. The highest BCUT2D eigenvalue weighted by Crippen LogP contribution is 2.12. The second-order valence-corrected chi connectivity index (χ2v) is 5.15. The van der Waals surface area contributed by atoms with Crippen molar-refractivity contribution in [3.8, 4) is 0 Å². The first-order valence-electron chi connectivity index (χ1n) is 5.67. The summed E-state index contributed by atoms with van der Waals surface area (Å²) in [7, 11) is 0. The van der Waals surface area contributed by atoms with Gasteiger partial charge in [-0.3, -0.25) is 4.98 Å². The van der Waals surface area contributed by atoms with Crippen LogP contribution in [-0.4, -0.2) is 21.9 Å². The summed E-state index contributed by atoms with van der Waals surface area (Å²) in [4.78, 5) is 8.64. The number of aryl methyl sites for hydroxylation is 2. The number of aromatic nitrogens is 2. The summed E-state index contributed by atoms with van der Waals surface area (Å²) in [5, 5.41) is 3.35. The predicted octanol–water partition coefficient (Wildman–Crippen LogP) is 3.16. The highest BCUT2D eigenvalue weighted by Gasteiger charge is 2.07. The lowest BCUT2D eigenvalue weighted by Crippen LogP contribution is -2.17. The smallest absolute Gasteiger partial charge is 0.144 e. The molecule has 1 atom stereocenters. The van der Waals surface area contributed by atoms with Crippen molar-refractivity contribution in [2.75, 3.05) is 11.9 Å². The number of nitrogens with one attached hydrogen (secondary N) is 1. The van der Waals surface area contributed by atoms with Crippen molar-refractivity contribution in [2.45, 2.75) is 39.5 Å². The zero-order chi connectivity index (χ0) is 12.1. The minimum Gasteiger partial charge on any atom is -0.367 e. The molecule has 0 bridgehead atoms. The molecule has 16 heavy (non-hydrogen) atoms. The van der Waals surface area contributed by atoms with Crippen LogP contribution >= 0.6 is 11.6 Å². The van der Waals surface area contributed by atoms with E-state index in [0.29, 0.717) is 5.92 Å². The van der Waals surface area contributed by atoms with Gasteiger partial charge < -0.3 is 5.32 Å². The number of halogens is 1. The van der Waals surface area contributed by atoms with E-state index in [1.807, 2.05) is 13.8 Å². The maximum Gasteiger partial charge on any atom is 0.144 e. The van der Waals surface area contributed by atoms with Gasteiger partial charge in [-0.25, -0.2) is 4.98 Å². The molecule has 0 spiro atoms. The summed E-state index contributed by atoms with van der Waals surface area (Å²) in [5.41, 5.74) is 1.93. The summed E-state index contributed by atoms with van der Waals surface area (Å²) in [6.07, 6.45) is 2.76. The van der Waals surface area contributed by atoms with E-state index < -0.39 is 0 Å². The molecule has 3 nitrogen and oxygen atoms in total. The van der Waals surface area contributed by atoms with E-state index >= 15 is 0 Å². The molecule has 4 heteroatoms. The van der Waals surface area contributed by atoms with Crippen molar-refractivity contribution < 1.29 is 0 Å². The van der Waals surface area contributed by atoms with E-state index in [1.165, 1.54) is 0 Å². The molecule has 0 saturated heterocycles. The molecule has 0 aliphatic heterocycles. The van der Waals surface area contributed by atoms with Gasteiger partial charge in [-0.15, -0.1) is 11.6 Å². The van der Waals surface area contributed by atoms with Crippen molar-refractivity contribution in [1.82, 2.24) is 9.97 Å². The Kier molecular flexibility index (Phi) is 5.00. The van der Waals surface area contributed by atoms with Crippen molar-refractivity contribution in [2.24, 2.45) is 5.92 Å². The number of anilines is 1. The molecule has 0 amide bonds. The summed E-state index contributed by atoms with van der Waals surface area (Å²) in [6, 6.07) is 0. The molecule has 0 aliphatic rings. The molecule has 1 rings (SSSR count). The highest BCUT2D eigenvalue weighted by molar-refractivity contribution is 6.20. The van der Waals surface area contributed by atoms with Crippen molar-refractivity contribution in [3.63, 3.8) is 0 Å². The fraction of sp³-hybridized carbons (Fsp3) is 0.667. The molecule has 0 aliphatic carbocycles. The summed E-state index contributed by atoms with van der Waals surface area (Å²) >= 11 is 6.19. The fourth-order valence-electron chi connectivity index (χ4n) is 1.44. The second kappa shape index (κ2) is 6.04. The van der Waals surface area contributed by atoms with Crippen LogP contribution in [0.1, 0.15) is 31.7 Å². The van der Waals surface area contributed by atoms with Crippen molar-refractivity contribution in [3.05, 3.63) is 17.6 Å². The molecule has 1 N–H and O–H groups in total. The number of hydrogen-bond donors (Lipinski definition) is 1. The summed E-state index contributed by atoms with van der Waals surface area (Å²) in [6.45, 7) is 8.99. The molecule has 0 saturated carbocycles. The quantitative estimate of drug-likeness (QED) is 0.805. The minimum absolute atomic E-state index is 0.142. The van der Waals surface area contributed by atoms with E-state index in [1.54, 1.807) is 6.20 Å². The Morgan fingerprint density at radius 3 is 2.56 bits per heavy atom. The standard InChI is InChI=1S/C12H20ClN3/c1-8(2)5-11(13)6-15-12-7-14-9(3)10(4)16-12/h7-8,11H,5-6H2,1-4H3,(H,15,16). The van der Waals surface area contributed by atoms with E-state index in [2.05, 4.69) is 29.1 Å². The second-order valence-electron chi connectivity index (χ2n) is 4.53. The number of rotatable bonds is 5. The SMILES string of the molecule is Cc1ncc(NCC(Cl)CC(C)C)nc1C. The summed E-state index contributed by atoms with van der Waals surface area (Å²) in [5.74, 6) is 1.42. The Morgan fingerprint density at radius 2 is 2.00 bits per heavy atom. The van der Waals surface area contributed by atoms with E-state index in [0.717, 1.165) is 30.2 Å². The molecular weight excluding hydrogens is 222 g/mol. The lowest BCUT2D eigenvalue weighted by atomic mass is 10.1. The monoisotopic (exact) mass is 241 g/mol. The van der Waals surface area contributed by atoms with Crippen LogP contribution in [0, 0.1) is 19.8 Å². The third-order valence-electron chi connectivity index (χ3n) is 2.42. The topological polar surface area (TPSA) is 37.8 Å². The van der Waals surface area contributed by atoms with Gasteiger partial charge in [-0.2, -0.15) is 0 Å². The fourth-order valence-corrected chi connectivity index (χ4v) is 1.87. The highest BCUT2D eigenvalue weighted by atomic mass is 35.5. The molecule has 0 fully saturated rings. The van der Waals surface area contributed by atoms with Gasteiger partial charge in [0.1, 0.15) is 5.82 Å². The molecule has 0 aromatic carbocycles. The molecule has 1 heterocycles. The first-order chi connectivity index (χ1) is 7.49. The van der Waals surface area contributed by atoms with Gasteiger partial charge >= 0.3 is 0 Å². The van der Waals surface area contributed by atoms with Gasteiger partial charge in [0.2, 0.25) is 0 Å². The van der Waals surface area contributed by atoms with Crippen LogP contribution < -0.4 is 5.32 Å². The van der Waals surface area contributed by atoms with Gasteiger partial charge in [0, 0.05) is 6.54 Å². The van der Waals surface area contributed by atoms with Crippen LogP contribution in [0.5, 0.6) is 0 Å². The number of alkyl halides is 1. The third kappa shape index (κ3) is 4.35. The zero-order valence-electron chi connectivity index (χ0n) is 10.4. The first kappa shape index (κ1) is 13.2. The average Bonchev–Trinajstić information content (AvgIpc) is 2.19. The minimum atomic E-state index is 0.142. The van der Waals surface area contributed by atoms with Crippen LogP contribution in [-0.2, 0) is 0 Å². The molecule has 1 aromatic heterocycles. The number of nitrogens with zero attached hydrogens (tertiary/aromatic N) is 2. The third-order valence-corrected chi connectivity index (χ3v) is 2.76. The van der Waals surface area contributed by atoms with Crippen LogP contribution in [0.4, 0.5) is 5.82 Å². The van der Waals surface area contributed by atoms with E-state index in [4.69, 9.17) is 11.6 Å². The lowest BCUT2D eigenvalue weighted by Gasteiger charge is -2.13. The Hall–Kier alpha value is -0.830. The van der Waals surface area contributed by atoms with Gasteiger partial charge in [0.25, 0.3) is 0 Å². The zero-order valence-corrected chi connectivity index (χ0v) is 11.2. The van der Waals surface area contributed by atoms with Gasteiger partial charge in [0.15, 0.2) is 0 Å². The van der Waals surface area contributed by atoms with E-state index in [-0.39, 0.29) is 5.38 Å². The van der Waals surface area contributed by atoms with Crippen molar-refractivity contribution >= 4 is 17.4 Å². The molecule has 0 radical (unpaired) electrons. The van der Waals surface area contributed by atoms with Crippen LogP contribution in [0.3, 0.4) is 0 Å². The predicted molar refractivity (Wildman–Crippen MR) is 69.1 cm³/mol. The molecular formula is C12H20ClN3. The van der Waals surface area contributed by atoms with Crippen LogP contribution in [0.15, 0.2) is 6.20 Å². The van der Waals surface area contributed by atoms with Gasteiger partial charge in [0.05, 0.1) is 23.0 Å². The Bertz CT molecular complexity index is 339. The Morgan fingerprint density at radius 1 is 1.31 bits per heavy atom. The molecule has 1 unspecified atom stereocenters. The Labute approximate surface area is 103 Å². The maximum atomic E-state index is 6.19. The van der Waals surface area contributed by atoms with E-state index in [9.17, 15) is 0 Å². The van der Waals surface area contributed by atoms with Crippen LogP contribution in [0.2, 0.25) is 0 Å². The largest absolute Gasteiger partial charge is 0.367 e. The molecule has 90 valence electrons. The summed E-state index contributed by atoms with van der Waals surface area (Å²) < 4.78 is 0. The van der Waals surface area contributed by atoms with Crippen LogP contribution in [0.25, 0.3) is 0 Å². The Balaban J connectivity index is 2.45. The van der Waals surface area contributed by atoms with Gasteiger partial charge in [-0.05, 0) is 26.2 Å². The van der Waals surface area contributed by atoms with Gasteiger partial charge in [-0.1, -0.05) is 13.8 Å². The average molecular weight is 242 g/mol. The molecule has 1 aromatic rings. The first-order valence-corrected chi connectivity index (χ1v) is 6.11. The normalized spacial score (nSPS) is 12.9. The number of hydrogen-bond acceptors (Lipinski definition) is 3. The maximum absolute atomic E-state index is 6.19.